The van der Waals surface area contributed by atoms with Crippen molar-refractivity contribution in [3.05, 3.63) is 65.2 Å². The summed E-state index contributed by atoms with van der Waals surface area (Å²) in [5.41, 5.74) is 5.74. The van der Waals surface area contributed by atoms with Crippen LogP contribution in [0.25, 0.3) is 0 Å². The Morgan fingerprint density at radius 1 is 0.923 bits per heavy atom. The lowest BCUT2D eigenvalue weighted by atomic mass is 9.92. The van der Waals surface area contributed by atoms with Crippen molar-refractivity contribution in [2.45, 2.75) is 46.0 Å². The van der Waals surface area contributed by atoms with Crippen molar-refractivity contribution in [2.24, 2.45) is 9.98 Å². The van der Waals surface area contributed by atoms with Crippen LogP contribution < -0.4 is 5.32 Å². The van der Waals surface area contributed by atoms with Crippen molar-refractivity contribution < 1.29 is 0 Å². The third-order valence-electron chi connectivity index (χ3n) is 4.73. The second-order valence-corrected chi connectivity index (χ2v) is 7.43. The van der Waals surface area contributed by atoms with E-state index in [0.717, 1.165) is 42.3 Å². The molecule has 1 aliphatic rings. The summed E-state index contributed by atoms with van der Waals surface area (Å²) in [7, 11) is 0. The Hall–Kier alpha value is -2.42. The van der Waals surface area contributed by atoms with E-state index in [2.05, 4.69) is 75.5 Å². The maximum atomic E-state index is 5.22. The number of amidine groups is 1. The van der Waals surface area contributed by atoms with Gasteiger partial charge in [0.05, 0.1) is 5.69 Å². The monoisotopic (exact) mass is 347 g/mol. The van der Waals surface area contributed by atoms with Gasteiger partial charge in [-0.1, -0.05) is 76.2 Å². The zero-order valence-corrected chi connectivity index (χ0v) is 16.3. The molecule has 0 radical (unpaired) electrons. The van der Waals surface area contributed by atoms with Crippen LogP contribution in [0.1, 0.15) is 62.6 Å². The lowest BCUT2D eigenvalue weighted by Gasteiger charge is -2.20. The second-order valence-electron chi connectivity index (χ2n) is 7.43. The first-order chi connectivity index (χ1) is 12.6. The number of para-hydroxylation sites is 1. The van der Waals surface area contributed by atoms with Gasteiger partial charge in [0.1, 0.15) is 11.5 Å². The summed E-state index contributed by atoms with van der Waals surface area (Å²) in [4.78, 5) is 9.94. The van der Waals surface area contributed by atoms with Crippen LogP contribution in [0, 0.1) is 0 Å². The highest BCUT2D eigenvalue weighted by Gasteiger charge is 2.18. The molecule has 0 saturated heterocycles. The highest BCUT2D eigenvalue weighted by molar-refractivity contribution is 6.48. The predicted molar refractivity (Wildman–Crippen MR) is 112 cm³/mol. The van der Waals surface area contributed by atoms with Gasteiger partial charge in [0.2, 0.25) is 0 Å². The first-order valence-corrected chi connectivity index (χ1v) is 9.63. The first kappa shape index (κ1) is 18.4. The largest absolute Gasteiger partial charge is 0.368 e. The summed E-state index contributed by atoms with van der Waals surface area (Å²) in [6.07, 6.45) is 1.07. The lowest BCUT2D eigenvalue weighted by molar-refractivity contribution is 0.747. The van der Waals surface area contributed by atoms with Crippen molar-refractivity contribution in [2.75, 3.05) is 13.1 Å². The van der Waals surface area contributed by atoms with Crippen LogP contribution in [0.4, 0.5) is 5.69 Å². The molecule has 26 heavy (non-hydrogen) atoms. The van der Waals surface area contributed by atoms with Gasteiger partial charge in [0, 0.05) is 18.7 Å². The lowest BCUT2D eigenvalue weighted by Crippen LogP contribution is -2.36. The van der Waals surface area contributed by atoms with E-state index >= 15 is 0 Å². The molecule has 1 N–H and O–H groups in total. The molecular formula is C23H29N3. The molecule has 0 fully saturated rings. The Morgan fingerprint density at radius 3 is 2.12 bits per heavy atom. The standard InChI is InChI=1S/C23H29N3/c1-16(2)19-12-8-13-20(17(3)4)22(19)26-21(18-10-6-5-7-11-18)23-24-14-9-15-25-23/h5-8,10-13,16-17H,9,14-15H2,1-4H3,(H,24,25)/b26-21+. The fraction of sp³-hybridized carbons (Fsp3) is 0.391. The van der Waals surface area contributed by atoms with E-state index in [-0.39, 0.29) is 0 Å². The minimum absolute atomic E-state index is 0.422. The summed E-state index contributed by atoms with van der Waals surface area (Å²) in [5.74, 6) is 1.76. The molecule has 0 amide bonds. The molecule has 0 unspecified atom stereocenters. The molecule has 0 bridgehead atoms. The van der Waals surface area contributed by atoms with Gasteiger partial charge >= 0.3 is 0 Å². The molecule has 3 heteroatoms. The molecule has 0 saturated carbocycles. The van der Waals surface area contributed by atoms with Crippen LogP contribution in [0.5, 0.6) is 0 Å². The van der Waals surface area contributed by atoms with Crippen LogP contribution in [0.15, 0.2) is 58.5 Å². The van der Waals surface area contributed by atoms with Gasteiger partial charge in [-0.3, -0.25) is 4.99 Å². The third-order valence-corrected chi connectivity index (χ3v) is 4.73. The van der Waals surface area contributed by atoms with Gasteiger partial charge in [-0.05, 0) is 29.4 Å². The fourth-order valence-electron chi connectivity index (χ4n) is 3.29. The molecular weight excluding hydrogens is 318 g/mol. The Labute approximate surface area is 157 Å². The number of hydrogen-bond donors (Lipinski definition) is 1. The number of benzene rings is 2. The third kappa shape index (κ3) is 4.04. The minimum atomic E-state index is 0.422. The van der Waals surface area contributed by atoms with Gasteiger partial charge in [0.15, 0.2) is 0 Å². The van der Waals surface area contributed by atoms with Crippen LogP contribution >= 0.6 is 0 Å². The fourth-order valence-corrected chi connectivity index (χ4v) is 3.29. The zero-order chi connectivity index (χ0) is 18.5. The minimum Gasteiger partial charge on any atom is -0.368 e. The van der Waals surface area contributed by atoms with E-state index in [4.69, 9.17) is 9.98 Å². The van der Waals surface area contributed by atoms with Gasteiger partial charge < -0.3 is 5.32 Å². The maximum absolute atomic E-state index is 5.22. The van der Waals surface area contributed by atoms with E-state index in [1.54, 1.807) is 0 Å². The van der Waals surface area contributed by atoms with Gasteiger partial charge in [-0.15, -0.1) is 0 Å². The van der Waals surface area contributed by atoms with E-state index in [9.17, 15) is 0 Å². The SMILES string of the molecule is CC(C)c1cccc(C(C)C)c1/N=C(/C1=NCCCN1)c1ccccc1. The molecule has 2 aromatic carbocycles. The van der Waals surface area contributed by atoms with Crippen LogP contribution in [0.2, 0.25) is 0 Å². The Morgan fingerprint density at radius 2 is 1.58 bits per heavy atom. The molecule has 3 nitrogen and oxygen atoms in total. The van der Waals surface area contributed by atoms with Crippen molar-refractivity contribution in [1.29, 1.82) is 0 Å². The van der Waals surface area contributed by atoms with E-state index < -0.39 is 0 Å². The summed E-state index contributed by atoms with van der Waals surface area (Å²) in [5, 5.41) is 3.45. The van der Waals surface area contributed by atoms with Crippen molar-refractivity contribution in [3.8, 4) is 0 Å². The number of aliphatic imine (C=N–C) groups is 2. The molecule has 0 spiro atoms. The topological polar surface area (TPSA) is 36.8 Å². The zero-order valence-electron chi connectivity index (χ0n) is 16.3. The smallest absolute Gasteiger partial charge is 0.147 e. The van der Waals surface area contributed by atoms with Gasteiger partial charge in [-0.25, -0.2) is 4.99 Å². The summed E-state index contributed by atoms with van der Waals surface area (Å²) >= 11 is 0. The second kappa shape index (κ2) is 8.31. The average Bonchev–Trinajstić information content (AvgIpc) is 2.67. The average molecular weight is 348 g/mol. The Kier molecular flexibility index (Phi) is 5.87. The molecule has 2 aromatic rings. The normalized spacial score (nSPS) is 15.2. The highest BCUT2D eigenvalue weighted by atomic mass is 15.0. The molecule has 0 aliphatic carbocycles. The molecule has 136 valence electrons. The molecule has 1 aliphatic heterocycles. The number of nitrogens with one attached hydrogen (secondary N) is 1. The Bertz CT molecular complexity index is 775. The number of hydrogen-bond acceptors (Lipinski definition) is 3. The molecule has 3 rings (SSSR count). The van der Waals surface area contributed by atoms with Gasteiger partial charge in [-0.2, -0.15) is 0 Å². The summed E-state index contributed by atoms with van der Waals surface area (Å²) < 4.78 is 0. The van der Waals surface area contributed by atoms with E-state index in [1.807, 2.05) is 6.07 Å². The quantitative estimate of drug-likeness (QED) is 0.718. The van der Waals surface area contributed by atoms with Crippen molar-refractivity contribution in [1.82, 2.24) is 5.32 Å². The van der Waals surface area contributed by atoms with Gasteiger partial charge in [0.25, 0.3) is 0 Å². The van der Waals surface area contributed by atoms with Crippen LogP contribution in [0.3, 0.4) is 0 Å². The number of rotatable bonds is 5. The maximum Gasteiger partial charge on any atom is 0.147 e. The van der Waals surface area contributed by atoms with E-state index in [1.165, 1.54) is 11.1 Å². The predicted octanol–water partition coefficient (Wildman–Crippen LogP) is 5.45. The van der Waals surface area contributed by atoms with E-state index in [0.29, 0.717) is 11.8 Å². The summed E-state index contributed by atoms with van der Waals surface area (Å²) in [6, 6.07) is 17.0. The highest BCUT2D eigenvalue weighted by Crippen LogP contribution is 2.35. The number of nitrogens with zero attached hydrogens (tertiary/aromatic N) is 2. The molecule has 0 atom stereocenters. The molecule has 0 aromatic heterocycles. The summed E-state index contributed by atoms with van der Waals surface area (Å²) in [6.45, 7) is 10.7. The first-order valence-electron chi connectivity index (χ1n) is 9.63. The Balaban J connectivity index is 2.21. The van der Waals surface area contributed by atoms with Crippen LogP contribution in [-0.2, 0) is 0 Å². The van der Waals surface area contributed by atoms with Crippen molar-refractivity contribution >= 4 is 17.2 Å². The van der Waals surface area contributed by atoms with Crippen LogP contribution in [-0.4, -0.2) is 24.6 Å². The van der Waals surface area contributed by atoms with Crippen molar-refractivity contribution in [3.63, 3.8) is 0 Å². The molecule has 1 heterocycles.